The fourth-order valence-corrected chi connectivity index (χ4v) is 4.12. The minimum Gasteiger partial charge on any atom is -0.465 e. The quantitative estimate of drug-likeness (QED) is 0.821. The Morgan fingerprint density at radius 2 is 2.05 bits per heavy atom. The van der Waals surface area contributed by atoms with Gasteiger partial charge in [0, 0.05) is 24.8 Å². The summed E-state index contributed by atoms with van der Waals surface area (Å²) in [5, 5.41) is 3.15. The van der Waals surface area contributed by atoms with Crippen molar-refractivity contribution in [2.45, 2.75) is 44.7 Å². The summed E-state index contributed by atoms with van der Waals surface area (Å²) in [5.41, 5.74) is 0.704. The van der Waals surface area contributed by atoms with Crippen molar-refractivity contribution < 1.29 is 17.6 Å². The first-order valence-corrected chi connectivity index (χ1v) is 8.33. The van der Waals surface area contributed by atoms with Gasteiger partial charge in [0.1, 0.15) is 16.4 Å². The molecule has 2 heterocycles. The van der Waals surface area contributed by atoms with E-state index in [2.05, 4.69) is 10.0 Å². The summed E-state index contributed by atoms with van der Waals surface area (Å²) in [4.78, 5) is 0.267. The van der Waals surface area contributed by atoms with Crippen molar-refractivity contribution in [1.29, 1.82) is 0 Å². The molecule has 1 atom stereocenters. The smallest absolute Gasteiger partial charge is 0.244 e. The molecule has 2 rings (SSSR count). The summed E-state index contributed by atoms with van der Waals surface area (Å²) < 4.78 is 38.5. The van der Waals surface area contributed by atoms with Crippen molar-refractivity contribution in [3.63, 3.8) is 0 Å². The molecule has 1 aliphatic rings. The van der Waals surface area contributed by atoms with Crippen LogP contribution >= 0.6 is 0 Å². The molecular weight excluding hydrogens is 280 g/mol. The van der Waals surface area contributed by atoms with Gasteiger partial charge in [-0.1, -0.05) is 6.92 Å². The Labute approximate surface area is 119 Å². The van der Waals surface area contributed by atoms with Crippen molar-refractivity contribution in [1.82, 2.24) is 10.0 Å². The first kappa shape index (κ1) is 15.5. The summed E-state index contributed by atoms with van der Waals surface area (Å²) in [6, 6.07) is -0.151. The van der Waals surface area contributed by atoms with Crippen LogP contribution in [0.25, 0.3) is 0 Å². The molecule has 0 bridgehead atoms. The third-order valence-corrected chi connectivity index (χ3v) is 5.11. The molecule has 0 radical (unpaired) electrons. The number of nitrogens with one attached hydrogen (secondary N) is 2. The van der Waals surface area contributed by atoms with Gasteiger partial charge < -0.3 is 14.5 Å². The number of sulfonamides is 1. The predicted octanol–water partition coefficient (Wildman–Crippen LogP) is 1.07. The van der Waals surface area contributed by atoms with E-state index in [0.717, 1.165) is 6.54 Å². The number of hydrogen-bond acceptors (Lipinski definition) is 5. The first-order chi connectivity index (χ1) is 9.45. The normalized spacial score (nSPS) is 19.6. The van der Waals surface area contributed by atoms with Gasteiger partial charge in [-0.05, 0) is 26.8 Å². The van der Waals surface area contributed by atoms with Crippen LogP contribution in [0, 0.1) is 13.8 Å². The summed E-state index contributed by atoms with van der Waals surface area (Å²) in [7, 11) is -3.58. The van der Waals surface area contributed by atoms with Crippen LogP contribution in [0.2, 0.25) is 0 Å². The lowest BCUT2D eigenvalue weighted by atomic mass is 10.2. The summed E-state index contributed by atoms with van der Waals surface area (Å²) >= 11 is 0. The first-order valence-electron chi connectivity index (χ1n) is 6.85. The minimum atomic E-state index is -3.58. The molecule has 1 aromatic heterocycles. The largest absolute Gasteiger partial charge is 0.465 e. The van der Waals surface area contributed by atoms with E-state index >= 15 is 0 Å². The number of rotatable bonds is 6. The molecule has 1 saturated heterocycles. The lowest BCUT2D eigenvalue weighted by molar-refractivity contribution is 0.192. The second-order valence-electron chi connectivity index (χ2n) is 4.98. The van der Waals surface area contributed by atoms with E-state index in [0.29, 0.717) is 43.3 Å². The molecule has 0 amide bonds. The maximum Gasteiger partial charge on any atom is 0.244 e. The van der Waals surface area contributed by atoms with E-state index in [-0.39, 0.29) is 10.9 Å². The average Bonchev–Trinajstić information content (AvgIpc) is 2.94. The highest BCUT2D eigenvalue weighted by Crippen LogP contribution is 2.27. The molecule has 1 unspecified atom stereocenters. The van der Waals surface area contributed by atoms with Crippen LogP contribution in [0.3, 0.4) is 0 Å². The topological polar surface area (TPSA) is 80.6 Å². The molecule has 0 aromatic carbocycles. The van der Waals surface area contributed by atoms with Crippen LogP contribution in [0.1, 0.15) is 30.4 Å². The molecule has 1 aromatic rings. The Morgan fingerprint density at radius 1 is 1.30 bits per heavy atom. The predicted molar refractivity (Wildman–Crippen MR) is 75.1 cm³/mol. The van der Waals surface area contributed by atoms with Gasteiger partial charge in [-0.25, -0.2) is 13.1 Å². The van der Waals surface area contributed by atoms with Crippen molar-refractivity contribution in [3.8, 4) is 0 Å². The van der Waals surface area contributed by atoms with Crippen LogP contribution in [0.5, 0.6) is 0 Å². The van der Waals surface area contributed by atoms with Gasteiger partial charge in [0.25, 0.3) is 0 Å². The zero-order valence-electron chi connectivity index (χ0n) is 12.2. The molecule has 1 aliphatic heterocycles. The fourth-order valence-electron chi connectivity index (χ4n) is 2.42. The zero-order chi connectivity index (χ0) is 14.8. The highest BCUT2D eigenvalue weighted by atomic mass is 32.2. The Bertz CT molecular complexity index is 559. The Kier molecular flexibility index (Phi) is 4.85. The zero-order valence-corrected chi connectivity index (χ0v) is 13.0. The summed E-state index contributed by atoms with van der Waals surface area (Å²) in [5.74, 6) is 1.08. The Morgan fingerprint density at radius 3 is 2.65 bits per heavy atom. The number of furan rings is 1. The third kappa shape index (κ3) is 3.22. The van der Waals surface area contributed by atoms with Crippen LogP contribution in [-0.2, 0) is 21.3 Å². The van der Waals surface area contributed by atoms with Gasteiger partial charge in [-0.3, -0.25) is 0 Å². The van der Waals surface area contributed by atoms with Gasteiger partial charge >= 0.3 is 0 Å². The number of hydrogen-bond donors (Lipinski definition) is 2. The SMILES string of the molecule is CCNCc1c(C)oc(C)c1S(=O)(=O)NC1CCOC1. The van der Waals surface area contributed by atoms with Crippen molar-refractivity contribution >= 4 is 10.0 Å². The fraction of sp³-hybridized carbons (Fsp3) is 0.692. The van der Waals surface area contributed by atoms with Gasteiger partial charge in [0.15, 0.2) is 0 Å². The van der Waals surface area contributed by atoms with Gasteiger partial charge in [-0.2, -0.15) is 0 Å². The van der Waals surface area contributed by atoms with E-state index in [4.69, 9.17) is 9.15 Å². The highest BCUT2D eigenvalue weighted by Gasteiger charge is 2.30. The second-order valence-corrected chi connectivity index (χ2v) is 6.64. The molecule has 0 saturated carbocycles. The molecule has 20 heavy (non-hydrogen) atoms. The molecule has 0 spiro atoms. The van der Waals surface area contributed by atoms with E-state index < -0.39 is 10.0 Å². The molecule has 2 N–H and O–H groups in total. The molecule has 7 heteroatoms. The third-order valence-electron chi connectivity index (χ3n) is 3.40. The van der Waals surface area contributed by atoms with Crippen LogP contribution in [0.4, 0.5) is 0 Å². The van der Waals surface area contributed by atoms with E-state index in [1.54, 1.807) is 13.8 Å². The monoisotopic (exact) mass is 302 g/mol. The summed E-state index contributed by atoms with van der Waals surface area (Å²) in [6.07, 6.45) is 0.706. The second kappa shape index (κ2) is 6.26. The average molecular weight is 302 g/mol. The van der Waals surface area contributed by atoms with E-state index in [1.807, 2.05) is 6.92 Å². The van der Waals surface area contributed by atoms with Crippen LogP contribution in [-0.4, -0.2) is 34.2 Å². The minimum absolute atomic E-state index is 0.151. The molecule has 0 aliphatic carbocycles. The molecule has 6 nitrogen and oxygen atoms in total. The molecule has 1 fully saturated rings. The maximum absolute atomic E-state index is 12.6. The molecule has 114 valence electrons. The van der Waals surface area contributed by atoms with E-state index in [1.165, 1.54) is 0 Å². The van der Waals surface area contributed by atoms with Gasteiger partial charge in [0.2, 0.25) is 10.0 Å². The van der Waals surface area contributed by atoms with Crippen molar-refractivity contribution in [2.75, 3.05) is 19.8 Å². The highest BCUT2D eigenvalue weighted by molar-refractivity contribution is 7.89. The number of ether oxygens (including phenoxy) is 1. The lowest BCUT2D eigenvalue weighted by Crippen LogP contribution is -2.35. The van der Waals surface area contributed by atoms with E-state index in [9.17, 15) is 8.42 Å². The molecular formula is C13H22N2O4S. The lowest BCUT2D eigenvalue weighted by Gasteiger charge is -2.12. The van der Waals surface area contributed by atoms with Crippen molar-refractivity contribution in [3.05, 3.63) is 17.1 Å². The maximum atomic E-state index is 12.6. The van der Waals surface area contributed by atoms with Crippen molar-refractivity contribution in [2.24, 2.45) is 0 Å². The van der Waals surface area contributed by atoms with Crippen LogP contribution < -0.4 is 10.0 Å². The Balaban J connectivity index is 2.29. The Hall–Kier alpha value is -0.890. The summed E-state index contributed by atoms with van der Waals surface area (Å²) in [6.45, 7) is 7.73. The van der Waals surface area contributed by atoms with Crippen LogP contribution in [0.15, 0.2) is 9.31 Å². The van der Waals surface area contributed by atoms with Gasteiger partial charge in [-0.15, -0.1) is 0 Å². The van der Waals surface area contributed by atoms with Gasteiger partial charge in [0.05, 0.1) is 6.61 Å². The number of aryl methyl sites for hydroxylation is 2. The standard InChI is InChI=1S/C13H22N2O4S/c1-4-14-7-12-9(2)19-10(3)13(12)20(16,17)15-11-5-6-18-8-11/h11,14-15H,4-8H2,1-3H3.